The molecule has 10 aromatic carbocycles. The summed E-state index contributed by atoms with van der Waals surface area (Å²) in [4.78, 5) is 1.42. The second-order valence-corrected chi connectivity index (χ2v) is 12.7. The molecule has 51 heavy (non-hydrogen) atoms. The van der Waals surface area contributed by atoms with Crippen molar-refractivity contribution in [3.8, 4) is 22.3 Å². The standard InChI is InChI=1S/C50H33N/c1-4-14-43-35(10-1)13-9-19-44(43)37-26-30-42(31-27-37)51(50-33-40-12-3-6-16-46(40)47-17-7-8-18-48(47)50)41-28-24-34(25-29-41)39-23-22-38-21-20-36-11-2-5-15-45(36)49(38)32-39/h1-33H/i24D,25D,26D,27D,28D,29D,30D,31D. The zero-order chi connectivity index (χ0) is 40.7. The number of benzene rings is 10. The number of hydrogen-bond donors (Lipinski definition) is 0. The summed E-state index contributed by atoms with van der Waals surface area (Å²) >= 11 is 0. The van der Waals surface area contributed by atoms with Gasteiger partial charge in [-0.05, 0) is 107 Å². The molecule has 238 valence electrons. The Morgan fingerprint density at radius 2 is 0.804 bits per heavy atom. The van der Waals surface area contributed by atoms with E-state index in [0.29, 0.717) is 22.2 Å². The molecule has 1 heteroatoms. The number of fused-ring (bicyclic) bond motifs is 7. The van der Waals surface area contributed by atoms with Gasteiger partial charge < -0.3 is 4.90 Å². The third-order valence-corrected chi connectivity index (χ3v) is 9.75. The van der Waals surface area contributed by atoms with Crippen LogP contribution in [-0.2, 0) is 0 Å². The molecule has 1 nitrogen and oxygen atoms in total. The molecule has 10 rings (SSSR count). The summed E-state index contributed by atoms with van der Waals surface area (Å²) in [6, 6.07) is 45.4. The van der Waals surface area contributed by atoms with Crippen molar-refractivity contribution in [3.63, 3.8) is 0 Å². The molecule has 0 heterocycles. The number of hydrogen-bond acceptors (Lipinski definition) is 1. The van der Waals surface area contributed by atoms with Crippen molar-refractivity contribution >= 4 is 70.9 Å². The molecule has 0 fully saturated rings. The second-order valence-electron chi connectivity index (χ2n) is 12.7. The summed E-state index contributed by atoms with van der Waals surface area (Å²) in [6.07, 6.45) is 0. The zero-order valence-electron chi connectivity index (χ0n) is 35.4. The maximum Gasteiger partial charge on any atom is 0.0645 e. The van der Waals surface area contributed by atoms with Gasteiger partial charge >= 0.3 is 0 Å². The maximum atomic E-state index is 9.68. The van der Waals surface area contributed by atoms with Crippen LogP contribution in [0, 0.1) is 0 Å². The van der Waals surface area contributed by atoms with Gasteiger partial charge in [-0.3, -0.25) is 0 Å². The van der Waals surface area contributed by atoms with Crippen LogP contribution in [0.5, 0.6) is 0 Å². The van der Waals surface area contributed by atoms with Crippen molar-refractivity contribution in [2.24, 2.45) is 0 Å². The molecule has 0 atom stereocenters. The van der Waals surface area contributed by atoms with E-state index >= 15 is 0 Å². The highest BCUT2D eigenvalue weighted by Crippen LogP contribution is 2.43. The summed E-state index contributed by atoms with van der Waals surface area (Å²) in [5.41, 5.74) is 1.33. The van der Waals surface area contributed by atoms with Gasteiger partial charge in [-0.1, -0.05) is 164 Å². The highest BCUT2D eigenvalue weighted by atomic mass is 15.1. The minimum absolute atomic E-state index is 0.118. The minimum atomic E-state index is -0.383. The fourth-order valence-corrected chi connectivity index (χ4v) is 7.29. The van der Waals surface area contributed by atoms with E-state index in [1.54, 1.807) is 6.07 Å². The average molecular weight is 656 g/mol. The van der Waals surface area contributed by atoms with Crippen LogP contribution in [-0.4, -0.2) is 0 Å². The van der Waals surface area contributed by atoms with Crippen molar-refractivity contribution in [1.82, 2.24) is 0 Å². The normalized spacial score (nSPS) is 13.7. The maximum absolute atomic E-state index is 9.68. The Balaban J connectivity index is 1.28. The fourth-order valence-electron chi connectivity index (χ4n) is 7.29. The van der Waals surface area contributed by atoms with Gasteiger partial charge in [0, 0.05) is 16.8 Å². The number of anilines is 3. The van der Waals surface area contributed by atoms with Gasteiger partial charge in [0.05, 0.1) is 16.7 Å². The van der Waals surface area contributed by atoms with Gasteiger partial charge in [0.1, 0.15) is 0 Å². The quantitative estimate of drug-likeness (QED) is 0.167. The van der Waals surface area contributed by atoms with Crippen LogP contribution in [0.15, 0.2) is 200 Å². The molecule has 0 unspecified atom stereocenters. The highest BCUT2D eigenvalue weighted by molar-refractivity contribution is 6.15. The molecule has 0 amide bonds. The molecule has 0 aliphatic carbocycles. The molecule has 0 aromatic heterocycles. The van der Waals surface area contributed by atoms with Crippen LogP contribution in [0.3, 0.4) is 0 Å². The Morgan fingerprint density at radius 3 is 1.51 bits per heavy atom. The third kappa shape index (κ3) is 5.02. The van der Waals surface area contributed by atoms with Crippen LogP contribution >= 0.6 is 0 Å². The monoisotopic (exact) mass is 655 g/mol. The Hall–Kier alpha value is -6.70. The van der Waals surface area contributed by atoms with Crippen LogP contribution in [0.2, 0.25) is 0 Å². The van der Waals surface area contributed by atoms with Crippen molar-refractivity contribution in [3.05, 3.63) is 200 Å². The predicted octanol–water partition coefficient (Wildman–Crippen LogP) is 14.3. The molecule has 10 aromatic rings. The first-order valence-electron chi connectivity index (χ1n) is 21.0. The zero-order valence-corrected chi connectivity index (χ0v) is 27.4. The van der Waals surface area contributed by atoms with E-state index < -0.39 is 0 Å². The topological polar surface area (TPSA) is 3.24 Å². The molecule has 0 radical (unpaired) electrons. The summed E-state index contributed by atoms with van der Waals surface area (Å²) < 4.78 is 76.7. The predicted molar refractivity (Wildman–Crippen MR) is 220 cm³/mol. The summed E-state index contributed by atoms with van der Waals surface area (Å²) in [6.45, 7) is 0. The summed E-state index contributed by atoms with van der Waals surface area (Å²) in [5, 5.41) is 8.86. The fraction of sp³-hybridized carbons (Fsp3) is 0. The number of nitrogens with zero attached hydrogens (tertiary/aromatic N) is 1. The van der Waals surface area contributed by atoms with Gasteiger partial charge in [0.25, 0.3) is 0 Å². The molecule has 0 aliphatic heterocycles. The average Bonchev–Trinajstić information content (AvgIpc) is 3.27. The first-order chi connectivity index (χ1) is 28.6. The molecule has 0 N–H and O–H groups in total. The third-order valence-electron chi connectivity index (χ3n) is 9.75. The van der Waals surface area contributed by atoms with Crippen molar-refractivity contribution in [2.75, 3.05) is 4.90 Å². The molecular weight excluding hydrogens is 615 g/mol. The Bertz CT molecular complexity index is 3330. The summed E-state index contributed by atoms with van der Waals surface area (Å²) in [7, 11) is 0. The van der Waals surface area contributed by atoms with Crippen molar-refractivity contribution in [2.45, 2.75) is 0 Å². The lowest BCUT2D eigenvalue weighted by molar-refractivity contribution is 1.30. The van der Waals surface area contributed by atoms with E-state index in [1.807, 2.05) is 146 Å². The van der Waals surface area contributed by atoms with E-state index in [9.17, 15) is 11.0 Å². The van der Waals surface area contributed by atoms with Crippen LogP contribution < -0.4 is 4.90 Å². The number of rotatable bonds is 5. The van der Waals surface area contributed by atoms with Gasteiger partial charge in [-0.25, -0.2) is 0 Å². The first-order valence-corrected chi connectivity index (χ1v) is 17.0. The molecule has 0 saturated carbocycles. The Labute approximate surface area is 308 Å². The van der Waals surface area contributed by atoms with Crippen molar-refractivity contribution < 1.29 is 11.0 Å². The van der Waals surface area contributed by atoms with E-state index in [-0.39, 0.29) is 70.8 Å². The van der Waals surface area contributed by atoms with E-state index in [2.05, 4.69) is 0 Å². The van der Waals surface area contributed by atoms with Gasteiger partial charge in [0.15, 0.2) is 0 Å². The smallest absolute Gasteiger partial charge is 0.0645 e. The lowest BCUT2D eigenvalue weighted by Crippen LogP contribution is -2.10. The van der Waals surface area contributed by atoms with Gasteiger partial charge in [-0.15, -0.1) is 0 Å². The van der Waals surface area contributed by atoms with Crippen LogP contribution in [0.1, 0.15) is 11.0 Å². The van der Waals surface area contributed by atoms with Crippen LogP contribution in [0.4, 0.5) is 17.1 Å². The minimum Gasteiger partial charge on any atom is -0.310 e. The van der Waals surface area contributed by atoms with Gasteiger partial charge in [0.2, 0.25) is 0 Å². The SMILES string of the molecule is [2H]c1c([2H])c(N(c2c([2H])c([2H])c(-c3cccc4ccccc34)c([2H])c2[2H])c2cc3ccccc3c3ccccc23)c([2H])c([2H])c1-c1ccc2ccc3ccccc3c2c1. The molecule has 0 bridgehead atoms. The van der Waals surface area contributed by atoms with E-state index in [0.717, 1.165) is 48.5 Å². The largest absolute Gasteiger partial charge is 0.310 e. The summed E-state index contributed by atoms with van der Waals surface area (Å²) in [5.74, 6) is 0. The molecule has 0 aliphatic rings. The lowest BCUT2D eigenvalue weighted by atomic mass is 9.96. The first kappa shape index (κ1) is 22.1. The lowest BCUT2D eigenvalue weighted by Gasteiger charge is -2.28. The van der Waals surface area contributed by atoms with Crippen LogP contribution in [0.25, 0.3) is 76.1 Å². The van der Waals surface area contributed by atoms with Gasteiger partial charge in [-0.2, -0.15) is 0 Å². The Kier molecular flexibility index (Phi) is 5.21. The highest BCUT2D eigenvalue weighted by Gasteiger charge is 2.18. The Morgan fingerprint density at radius 1 is 0.314 bits per heavy atom. The van der Waals surface area contributed by atoms with E-state index in [1.165, 1.54) is 4.90 Å². The molecular formula is C50H33N. The van der Waals surface area contributed by atoms with Crippen molar-refractivity contribution in [1.29, 1.82) is 0 Å². The van der Waals surface area contributed by atoms with E-state index in [4.69, 9.17) is 0 Å². The second kappa shape index (κ2) is 12.0. The molecule has 0 spiro atoms. The molecule has 0 saturated heterocycles.